The minimum atomic E-state index is -0.343. The summed E-state index contributed by atoms with van der Waals surface area (Å²) in [5.41, 5.74) is 0.903. The molecule has 0 bridgehead atoms. The number of carbonyl (C=O) groups is 1. The third-order valence-electron chi connectivity index (χ3n) is 5.13. The summed E-state index contributed by atoms with van der Waals surface area (Å²) >= 11 is 0. The van der Waals surface area contributed by atoms with Crippen LogP contribution in [0.5, 0.6) is 11.5 Å². The van der Waals surface area contributed by atoms with E-state index in [0.717, 1.165) is 12.8 Å². The first-order valence-corrected chi connectivity index (χ1v) is 9.73. The molecular weight excluding hydrogens is 391 g/mol. The monoisotopic (exact) mass is 410 g/mol. The van der Waals surface area contributed by atoms with Crippen molar-refractivity contribution in [2.45, 2.75) is 25.4 Å². The summed E-state index contributed by atoms with van der Waals surface area (Å²) in [7, 11) is 0. The number of rotatable bonds is 6. The Balaban J connectivity index is 1.30. The Morgan fingerprint density at radius 3 is 2.67 bits per heavy atom. The Morgan fingerprint density at radius 1 is 1.13 bits per heavy atom. The lowest BCUT2D eigenvalue weighted by molar-refractivity contribution is 0.0951. The molecular formula is C21H19FN4O4. The first-order valence-electron chi connectivity index (χ1n) is 9.73. The van der Waals surface area contributed by atoms with Gasteiger partial charge in [0.15, 0.2) is 17.3 Å². The molecule has 2 aromatic carbocycles. The van der Waals surface area contributed by atoms with Crippen LogP contribution in [0.25, 0.3) is 11.4 Å². The van der Waals surface area contributed by atoms with E-state index in [1.54, 1.807) is 34.9 Å². The second-order valence-corrected chi connectivity index (χ2v) is 7.26. The maximum absolute atomic E-state index is 13.3. The molecule has 154 valence electrons. The van der Waals surface area contributed by atoms with E-state index in [4.69, 9.17) is 9.47 Å². The standard InChI is InChI=1S/C21H19FN4O4/c22-15-4-1-13(2-5-15)19-24-25(21(28)26(19)16-6-7-16)10-9-23-20(27)14-3-8-17-18(11-14)30-12-29-17/h1-5,8,11,16H,6-7,9-10,12H2,(H,23,27). The van der Waals surface area contributed by atoms with E-state index in [2.05, 4.69) is 10.4 Å². The van der Waals surface area contributed by atoms with Crippen molar-refractivity contribution in [3.8, 4) is 22.9 Å². The Labute approximate surface area is 170 Å². The van der Waals surface area contributed by atoms with Gasteiger partial charge in [0.2, 0.25) is 6.79 Å². The van der Waals surface area contributed by atoms with Crippen molar-refractivity contribution in [1.29, 1.82) is 0 Å². The SMILES string of the molecule is O=C(NCCn1nc(-c2ccc(F)cc2)n(C2CC2)c1=O)c1ccc2c(c1)OCO2. The summed E-state index contributed by atoms with van der Waals surface area (Å²) in [4.78, 5) is 25.2. The largest absolute Gasteiger partial charge is 0.454 e. The third-order valence-corrected chi connectivity index (χ3v) is 5.13. The summed E-state index contributed by atoms with van der Waals surface area (Å²) in [6.45, 7) is 0.601. The van der Waals surface area contributed by atoms with E-state index in [-0.39, 0.29) is 43.3 Å². The molecule has 1 aromatic heterocycles. The Bertz CT molecular complexity index is 1160. The lowest BCUT2D eigenvalue weighted by atomic mass is 10.2. The van der Waals surface area contributed by atoms with Crippen molar-refractivity contribution < 1.29 is 18.7 Å². The number of ether oxygens (including phenoxy) is 2. The molecule has 1 N–H and O–H groups in total. The quantitative estimate of drug-likeness (QED) is 0.674. The van der Waals surface area contributed by atoms with Gasteiger partial charge < -0.3 is 14.8 Å². The van der Waals surface area contributed by atoms with Crippen LogP contribution in [0.15, 0.2) is 47.3 Å². The van der Waals surface area contributed by atoms with Crippen LogP contribution in [-0.2, 0) is 6.54 Å². The molecule has 1 saturated carbocycles. The Morgan fingerprint density at radius 2 is 1.90 bits per heavy atom. The highest BCUT2D eigenvalue weighted by molar-refractivity contribution is 5.94. The molecule has 5 rings (SSSR count). The number of halogens is 1. The number of nitrogens with zero attached hydrogens (tertiary/aromatic N) is 3. The lowest BCUT2D eigenvalue weighted by Gasteiger charge is -2.05. The van der Waals surface area contributed by atoms with Gasteiger partial charge in [0.25, 0.3) is 5.91 Å². The normalized spacial score (nSPS) is 14.7. The average Bonchev–Trinajstić information content (AvgIpc) is 3.38. The molecule has 1 amide bonds. The van der Waals surface area contributed by atoms with Gasteiger partial charge in [0.1, 0.15) is 5.82 Å². The zero-order valence-electron chi connectivity index (χ0n) is 16.0. The zero-order chi connectivity index (χ0) is 20.7. The highest BCUT2D eigenvalue weighted by Gasteiger charge is 2.30. The lowest BCUT2D eigenvalue weighted by Crippen LogP contribution is -2.32. The van der Waals surface area contributed by atoms with Gasteiger partial charge in [0.05, 0.1) is 6.54 Å². The van der Waals surface area contributed by atoms with Gasteiger partial charge in [0, 0.05) is 23.7 Å². The molecule has 30 heavy (non-hydrogen) atoms. The van der Waals surface area contributed by atoms with Crippen molar-refractivity contribution >= 4 is 5.91 Å². The molecule has 9 heteroatoms. The predicted octanol–water partition coefficient (Wildman–Crippen LogP) is 2.34. The highest BCUT2D eigenvalue weighted by atomic mass is 19.1. The summed E-state index contributed by atoms with van der Waals surface area (Å²) in [6, 6.07) is 11.0. The van der Waals surface area contributed by atoms with E-state index in [0.29, 0.717) is 28.5 Å². The van der Waals surface area contributed by atoms with Crippen LogP contribution >= 0.6 is 0 Å². The van der Waals surface area contributed by atoms with Gasteiger partial charge in [-0.3, -0.25) is 9.36 Å². The van der Waals surface area contributed by atoms with E-state index >= 15 is 0 Å². The molecule has 3 aromatic rings. The second-order valence-electron chi connectivity index (χ2n) is 7.26. The van der Waals surface area contributed by atoms with E-state index in [9.17, 15) is 14.0 Å². The number of aromatic nitrogens is 3. The third kappa shape index (κ3) is 3.42. The van der Waals surface area contributed by atoms with E-state index in [1.807, 2.05) is 0 Å². The van der Waals surface area contributed by atoms with Crippen LogP contribution < -0.4 is 20.5 Å². The van der Waals surface area contributed by atoms with Gasteiger partial charge >= 0.3 is 5.69 Å². The highest BCUT2D eigenvalue weighted by Crippen LogP contribution is 2.36. The number of carbonyl (C=O) groups excluding carboxylic acids is 1. The molecule has 0 spiro atoms. The molecule has 1 aliphatic heterocycles. The molecule has 0 unspecified atom stereocenters. The number of nitrogens with one attached hydrogen (secondary N) is 1. The summed E-state index contributed by atoms with van der Waals surface area (Å²) < 4.78 is 26.8. The minimum Gasteiger partial charge on any atom is -0.454 e. The number of benzene rings is 2. The Kier molecular flexibility index (Phi) is 4.50. The molecule has 2 heterocycles. The van der Waals surface area contributed by atoms with E-state index in [1.165, 1.54) is 16.8 Å². The number of fused-ring (bicyclic) bond motifs is 1. The number of amides is 1. The van der Waals surface area contributed by atoms with E-state index < -0.39 is 0 Å². The van der Waals surface area contributed by atoms with Gasteiger partial charge in [-0.1, -0.05) is 0 Å². The van der Waals surface area contributed by atoms with Crippen LogP contribution in [0.2, 0.25) is 0 Å². The second kappa shape index (κ2) is 7.33. The number of hydrogen-bond donors (Lipinski definition) is 1. The smallest absolute Gasteiger partial charge is 0.346 e. The molecule has 2 aliphatic rings. The van der Waals surface area contributed by atoms with Gasteiger partial charge in [-0.15, -0.1) is 5.10 Å². The van der Waals surface area contributed by atoms with Crippen molar-refractivity contribution in [3.63, 3.8) is 0 Å². The predicted molar refractivity (Wildman–Crippen MR) is 105 cm³/mol. The van der Waals surface area contributed by atoms with Crippen LogP contribution in [0.4, 0.5) is 4.39 Å². The fourth-order valence-electron chi connectivity index (χ4n) is 3.44. The summed E-state index contributed by atoms with van der Waals surface area (Å²) in [5, 5.41) is 7.24. The van der Waals surface area contributed by atoms with Crippen LogP contribution in [0.1, 0.15) is 29.2 Å². The van der Waals surface area contributed by atoms with Gasteiger partial charge in [-0.25, -0.2) is 13.9 Å². The van der Waals surface area contributed by atoms with Crippen molar-refractivity contribution in [2.75, 3.05) is 13.3 Å². The minimum absolute atomic E-state index is 0.120. The van der Waals surface area contributed by atoms with Crippen LogP contribution in [0, 0.1) is 5.82 Å². The van der Waals surface area contributed by atoms with Gasteiger partial charge in [-0.05, 0) is 55.3 Å². The molecule has 0 saturated heterocycles. The van der Waals surface area contributed by atoms with Crippen molar-refractivity contribution in [1.82, 2.24) is 19.7 Å². The van der Waals surface area contributed by atoms with Crippen LogP contribution in [-0.4, -0.2) is 33.6 Å². The molecule has 8 nitrogen and oxygen atoms in total. The first kappa shape index (κ1) is 18.4. The van der Waals surface area contributed by atoms with Crippen LogP contribution in [0.3, 0.4) is 0 Å². The molecule has 0 radical (unpaired) electrons. The molecule has 1 fully saturated rings. The molecule has 0 atom stereocenters. The van der Waals surface area contributed by atoms with Gasteiger partial charge in [-0.2, -0.15) is 0 Å². The fraction of sp³-hybridized carbons (Fsp3) is 0.286. The fourth-order valence-corrected chi connectivity index (χ4v) is 3.44. The molecule has 1 aliphatic carbocycles. The summed E-state index contributed by atoms with van der Waals surface area (Å²) in [6.07, 6.45) is 1.83. The zero-order valence-corrected chi connectivity index (χ0v) is 16.0. The van der Waals surface area contributed by atoms with Crippen molar-refractivity contribution in [2.24, 2.45) is 0 Å². The maximum Gasteiger partial charge on any atom is 0.346 e. The summed E-state index contributed by atoms with van der Waals surface area (Å²) in [5.74, 6) is 1.04. The average molecular weight is 410 g/mol. The Hall–Kier alpha value is -3.62. The first-order chi connectivity index (χ1) is 14.6. The maximum atomic E-state index is 13.3. The van der Waals surface area contributed by atoms with Crippen molar-refractivity contribution in [3.05, 3.63) is 64.3 Å². The number of hydrogen-bond acceptors (Lipinski definition) is 5. The topological polar surface area (TPSA) is 87.4 Å².